The lowest BCUT2D eigenvalue weighted by Crippen LogP contribution is -2.40. The summed E-state index contributed by atoms with van der Waals surface area (Å²) in [4.78, 5) is 40.6. The van der Waals surface area contributed by atoms with E-state index in [1.807, 2.05) is 0 Å². The number of aromatic nitrogens is 3. The molecule has 14 nitrogen and oxygen atoms in total. The Kier molecular flexibility index (Phi) is 8.14. The zero-order chi connectivity index (χ0) is 27.0. The number of non-ortho nitro benzene ring substituents is 1. The van der Waals surface area contributed by atoms with E-state index in [1.165, 1.54) is 24.3 Å². The van der Waals surface area contributed by atoms with Gasteiger partial charge in [-0.25, -0.2) is 10.2 Å². The van der Waals surface area contributed by atoms with Gasteiger partial charge in [0.15, 0.2) is 0 Å². The summed E-state index contributed by atoms with van der Waals surface area (Å²) in [5, 5.41) is 15.2. The fourth-order valence-corrected chi connectivity index (χ4v) is 3.91. The van der Waals surface area contributed by atoms with Crippen molar-refractivity contribution in [1.29, 1.82) is 0 Å². The van der Waals surface area contributed by atoms with Crippen molar-refractivity contribution in [3.8, 4) is 5.75 Å². The van der Waals surface area contributed by atoms with Crippen molar-refractivity contribution < 1.29 is 23.9 Å². The van der Waals surface area contributed by atoms with Crippen LogP contribution in [0.15, 0.2) is 53.6 Å². The summed E-state index contributed by atoms with van der Waals surface area (Å²) in [6.45, 7) is 5.18. The Morgan fingerprint density at radius 3 is 2.15 bits per heavy atom. The number of nitro benzene ring substituents is 1. The van der Waals surface area contributed by atoms with Crippen molar-refractivity contribution in [3.05, 3.63) is 69.8 Å². The Bertz CT molecular complexity index is 1300. The fourth-order valence-electron chi connectivity index (χ4n) is 3.91. The minimum Gasteiger partial charge on any atom is -0.423 e. The first-order valence-corrected chi connectivity index (χ1v) is 12.3. The number of morpholine rings is 2. The van der Waals surface area contributed by atoms with E-state index in [4.69, 9.17) is 14.2 Å². The van der Waals surface area contributed by atoms with Crippen LogP contribution in [0.4, 0.5) is 23.5 Å². The number of hydrazone groups is 1. The predicted octanol–water partition coefficient (Wildman–Crippen LogP) is 2.12. The van der Waals surface area contributed by atoms with E-state index in [1.54, 1.807) is 30.5 Å². The third-order valence-electron chi connectivity index (χ3n) is 5.96. The van der Waals surface area contributed by atoms with E-state index in [0.717, 1.165) is 5.56 Å². The molecule has 0 unspecified atom stereocenters. The highest BCUT2D eigenvalue weighted by Gasteiger charge is 2.20. The minimum atomic E-state index is -0.691. The SMILES string of the molecule is O=C(Oc1ccc(/C=N\Nc2nc(N3CCOCC3)nc(N3CCOCC3)n2)cc1)c1cccc([N+](=O)[O-])c1. The van der Waals surface area contributed by atoms with Gasteiger partial charge < -0.3 is 24.0 Å². The maximum Gasteiger partial charge on any atom is 0.343 e. The van der Waals surface area contributed by atoms with Crippen molar-refractivity contribution >= 4 is 35.7 Å². The highest BCUT2D eigenvalue weighted by Crippen LogP contribution is 2.20. The number of nitrogens with zero attached hydrogens (tertiary/aromatic N) is 7. The summed E-state index contributed by atoms with van der Waals surface area (Å²) in [6, 6.07) is 12.0. The second-order valence-corrected chi connectivity index (χ2v) is 8.59. The molecule has 0 atom stereocenters. The molecule has 2 fully saturated rings. The van der Waals surface area contributed by atoms with Crippen LogP contribution in [0.2, 0.25) is 0 Å². The molecule has 3 heterocycles. The van der Waals surface area contributed by atoms with Crippen molar-refractivity contribution in [3.63, 3.8) is 0 Å². The van der Waals surface area contributed by atoms with Gasteiger partial charge in [-0.05, 0) is 35.9 Å². The monoisotopic (exact) mass is 534 g/mol. The molecule has 2 aromatic carbocycles. The molecule has 0 radical (unpaired) electrons. The van der Waals surface area contributed by atoms with E-state index in [-0.39, 0.29) is 11.3 Å². The number of hydrogen-bond donors (Lipinski definition) is 1. The third kappa shape index (κ3) is 6.80. The number of benzene rings is 2. The normalized spacial score (nSPS) is 15.8. The van der Waals surface area contributed by atoms with E-state index < -0.39 is 10.9 Å². The van der Waals surface area contributed by atoms with Gasteiger partial charge in [0.2, 0.25) is 17.8 Å². The van der Waals surface area contributed by atoms with Gasteiger partial charge in [-0.1, -0.05) is 6.07 Å². The lowest BCUT2D eigenvalue weighted by molar-refractivity contribution is -0.384. The quantitative estimate of drug-likeness (QED) is 0.148. The number of carbonyl (C=O) groups is 1. The standard InChI is InChI=1S/C25H26N8O6/c34-22(19-2-1-3-20(16-19)33(35)36)39-21-6-4-18(5-7-21)17-26-30-23-27-24(31-8-12-37-13-9-31)29-25(28-23)32-10-14-38-15-11-32/h1-7,16-17H,8-15H2,(H,27,28,29,30)/b26-17-. The van der Waals surface area contributed by atoms with Crippen LogP contribution in [0, 0.1) is 10.1 Å². The maximum absolute atomic E-state index is 12.4. The van der Waals surface area contributed by atoms with Gasteiger partial charge in [-0.3, -0.25) is 10.1 Å². The maximum atomic E-state index is 12.4. The van der Waals surface area contributed by atoms with Crippen molar-refractivity contribution in [1.82, 2.24) is 15.0 Å². The molecule has 0 saturated carbocycles. The summed E-state index contributed by atoms with van der Waals surface area (Å²) < 4.78 is 16.2. The van der Waals surface area contributed by atoms with Crippen LogP contribution < -0.4 is 20.0 Å². The Labute approximate surface area is 223 Å². The van der Waals surface area contributed by atoms with Gasteiger partial charge in [-0.15, -0.1) is 0 Å². The minimum absolute atomic E-state index is 0.0873. The highest BCUT2D eigenvalue weighted by molar-refractivity contribution is 5.91. The molecule has 14 heteroatoms. The number of nitrogens with one attached hydrogen (secondary N) is 1. The molecular formula is C25H26N8O6. The van der Waals surface area contributed by atoms with Gasteiger partial charge in [0.1, 0.15) is 5.75 Å². The molecule has 0 spiro atoms. The van der Waals surface area contributed by atoms with Gasteiger partial charge in [0.25, 0.3) is 5.69 Å². The number of ether oxygens (including phenoxy) is 3. The van der Waals surface area contributed by atoms with E-state index in [0.29, 0.717) is 76.2 Å². The summed E-state index contributed by atoms with van der Waals surface area (Å²) in [6.07, 6.45) is 1.58. The highest BCUT2D eigenvalue weighted by atomic mass is 16.6. The Hall–Kier alpha value is -4.69. The van der Waals surface area contributed by atoms with Crippen LogP contribution in [0.3, 0.4) is 0 Å². The average molecular weight is 535 g/mol. The van der Waals surface area contributed by atoms with Gasteiger partial charge in [0.05, 0.1) is 43.1 Å². The summed E-state index contributed by atoms with van der Waals surface area (Å²) >= 11 is 0. The Morgan fingerprint density at radius 2 is 1.56 bits per heavy atom. The number of rotatable bonds is 8. The predicted molar refractivity (Wildman–Crippen MR) is 142 cm³/mol. The molecule has 5 rings (SSSR count). The molecule has 0 amide bonds. The molecule has 0 bridgehead atoms. The van der Waals surface area contributed by atoms with Gasteiger partial charge in [0, 0.05) is 38.3 Å². The van der Waals surface area contributed by atoms with Crippen LogP contribution in [0.1, 0.15) is 15.9 Å². The number of anilines is 3. The van der Waals surface area contributed by atoms with Crippen LogP contribution in [0.25, 0.3) is 0 Å². The lowest BCUT2D eigenvalue weighted by Gasteiger charge is -2.30. The average Bonchev–Trinajstić information content (AvgIpc) is 2.99. The van der Waals surface area contributed by atoms with Crippen molar-refractivity contribution in [2.24, 2.45) is 5.10 Å². The summed E-state index contributed by atoms with van der Waals surface area (Å²) in [5.41, 5.74) is 3.52. The molecule has 1 N–H and O–H groups in total. The van der Waals surface area contributed by atoms with Gasteiger partial charge in [-0.2, -0.15) is 20.1 Å². The second kappa shape index (κ2) is 12.2. The van der Waals surface area contributed by atoms with Crippen molar-refractivity contribution in [2.75, 3.05) is 67.8 Å². The first kappa shape index (κ1) is 25.9. The fraction of sp³-hybridized carbons (Fsp3) is 0.320. The number of carbonyl (C=O) groups excluding carboxylic acids is 1. The van der Waals surface area contributed by atoms with Crippen LogP contribution in [-0.2, 0) is 9.47 Å². The van der Waals surface area contributed by atoms with Crippen molar-refractivity contribution in [2.45, 2.75) is 0 Å². The topological polar surface area (TPSA) is 157 Å². The number of hydrogen-bond acceptors (Lipinski definition) is 13. The molecule has 2 aliphatic rings. The molecular weight excluding hydrogens is 508 g/mol. The van der Waals surface area contributed by atoms with Crippen LogP contribution >= 0.6 is 0 Å². The largest absolute Gasteiger partial charge is 0.423 e. The van der Waals surface area contributed by atoms with E-state index in [2.05, 4.69) is 35.3 Å². The Balaban J connectivity index is 1.24. The first-order chi connectivity index (χ1) is 19.0. The van der Waals surface area contributed by atoms with E-state index in [9.17, 15) is 14.9 Å². The zero-order valence-electron chi connectivity index (χ0n) is 20.9. The van der Waals surface area contributed by atoms with Crippen LogP contribution in [0.5, 0.6) is 5.75 Å². The lowest BCUT2D eigenvalue weighted by atomic mass is 10.2. The van der Waals surface area contributed by atoms with Gasteiger partial charge >= 0.3 is 5.97 Å². The molecule has 1 aromatic heterocycles. The molecule has 202 valence electrons. The molecule has 0 aliphatic carbocycles. The first-order valence-electron chi connectivity index (χ1n) is 12.3. The van der Waals surface area contributed by atoms with E-state index >= 15 is 0 Å². The van der Waals surface area contributed by atoms with Crippen LogP contribution in [-0.4, -0.2) is 84.7 Å². The second-order valence-electron chi connectivity index (χ2n) is 8.59. The molecule has 39 heavy (non-hydrogen) atoms. The number of nitro groups is 1. The zero-order valence-corrected chi connectivity index (χ0v) is 20.9. The smallest absolute Gasteiger partial charge is 0.343 e. The molecule has 2 aliphatic heterocycles. The third-order valence-corrected chi connectivity index (χ3v) is 5.96. The summed E-state index contributed by atoms with van der Waals surface area (Å²) in [7, 11) is 0. The number of esters is 1. The Morgan fingerprint density at radius 1 is 0.949 bits per heavy atom. The molecule has 3 aromatic rings. The summed E-state index contributed by atoms with van der Waals surface area (Å²) in [5.74, 6) is 1.03. The molecule has 2 saturated heterocycles.